The smallest absolute Gasteiger partial charge is 0.0509 e. The van der Waals surface area contributed by atoms with E-state index < -0.39 is 0 Å². The van der Waals surface area contributed by atoms with Gasteiger partial charge in [0.05, 0.1) is 6.61 Å². The fourth-order valence-corrected chi connectivity index (χ4v) is 2.00. The van der Waals surface area contributed by atoms with Gasteiger partial charge >= 0.3 is 0 Å². The molecule has 2 unspecified atom stereocenters. The summed E-state index contributed by atoms with van der Waals surface area (Å²) in [5, 5.41) is 3.54. The molecule has 2 heterocycles. The molecule has 88 valence electrons. The Kier molecular flexibility index (Phi) is 3.91. The van der Waals surface area contributed by atoms with Crippen LogP contribution in [0.2, 0.25) is 0 Å². The van der Waals surface area contributed by atoms with E-state index >= 15 is 0 Å². The molecule has 2 rings (SSSR count). The Labute approximate surface area is 97.2 Å². The Bertz CT molecular complexity index is 317. The zero-order chi connectivity index (χ0) is 11.4. The highest BCUT2D eigenvalue weighted by atomic mass is 16.5. The molecule has 1 saturated heterocycles. The Morgan fingerprint density at radius 3 is 3.06 bits per heavy atom. The number of rotatable bonds is 4. The van der Waals surface area contributed by atoms with Crippen molar-refractivity contribution in [1.29, 1.82) is 0 Å². The number of pyridine rings is 1. The fraction of sp³-hybridized carbons (Fsp3) is 0.615. The van der Waals surface area contributed by atoms with Gasteiger partial charge in [-0.05, 0) is 37.8 Å². The third-order valence-electron chi connectivity index (χ3n) is 3.27. The Balaban J connectivity index is 1.80. The predicted octanol–water partition coefficient (Wildman–Crippen LogP) is 1.90. The van der Waals surface area contributed by atoms with Crippen LogP contribution >= 0.6 is 0 Å². The van der Waals surface area contributed by atoms with Crippen LogP contribution in [-0.4, -0.2) is 24.2 Å². The van der Waals surface area contributed by atoms with E-state index in [9.17, 15) is 0 Å². The van der Waals surface area contributed by atoms with E-state index in [0.29, 0.717) is 12.0 Å². The molecule has 1 aliphatic heterocycles. The summed E-state index contributed by atoms with van der Waals surface area (Å²) < 4.78 is 5.39. The molecule has 1 aromatic heterocycles. The van der Waals surface area contributed by atoms with Crippen LogP contribution in [0.4, 0.5) is 0 Å². The molecule has 16 heavy (non-hydrogen) atoms. The maximum absolute atomic E-state index is 5.39. The number of aryl methyl sites for hydroxylation is 1. The number of hydrogen-bond acceptors (Lipinski definition) is 3. The van der Waals surface area contributed by atoms with Gasteiger partial charge < -0.3 is 10.1 Å². The average Bonchev–Trinajstić information content (AvgIpc) is 2.81. The lowest BCUT2D eigenvalue weighted by Gasteiger charge is -2.19. The lowest BCUT2D eigenvalue weighted by molar-refractivity contribution is 0.178. The summed E-state index contributed by atoms with van der Waals surface area (Å²) in [6.07, 6.45) is 3.13. The first-order chi connectivity index (χ1) is 7.75. The summed E-state index contributed by atoms with van der Waals surface area (Å²) >= 11 is 0. The first-order valence-electron chi connectivity index (χ1n) is 5.98. The summed E-state index contributed by atoms with van der Waals surface area (Å²) in [5.74, 6) is 0.665. The van der Waals surface area contributed by atoms with Gasteiger partial charge in [0.2, 0.25) is 0 Å². The minimum absolute atomic E-state index is 0.517. The minimum Gasteiger partial charge on any atom is -0.381 e. The number of nitrogens with one attached hydrogen (secondary N) is 1. The average molecular weight is 220 g/mol. The van der Waals surface area contributed by atoms with Crippen LogP contribution in [0.1, 0.15) is 24.6 Å². The highest BCUT2D eigenvalue weighted by molar-refractivity contribution is 5.12. The van der Waals surface area contributed by atoms with Gasteiger partial charge in [-0.2, -0.15) is 0 Å². The van der Waals surface area contributed by atoms with E-state index in [-0.39, 0.29) is 0 Å². The first-order valence-corrected chi connectivity index (χ1v) is 5.98. The second kappa shape index (κ2) is 5.41. The zero-order valence-electron chi connectivity index (χ0n) is 10.1. The lowest BCUT2D eigenvalue weighted by atomic mass is 10.0. The molecule has 0 saturated carbocycles. The van der Waals surface area contributed by atoms with Crippen LogP contribution in [0.3, 0.4) is 0 Å². The molecule has 0 bridgehead atoms. The summed E-state index contributed by atoms with van der Waals surface area (Å²) in [6, 6.07) is 4.71. The van der Waals surface area contributed by atoms with Gasteiger partial charge in [-0.3, -0.25) is 4.98 Å². The fourth-order valence-electron chi connectivity index (χ4n) is 2.00. The van der Waals surface area contributed by atoms with E-state index in [1.54, 1.807) is 0 Å². The van der Waals surface area contributed by atoms with Crippen molar-refractivity contribution in [3.63, 3.8) is 0 Å². The normalized spacial score (nSPS) is 22.2. The molecule has 1 N–H and O–H groups in total. The van der Waals surface area contributed by atoms with Crippen LogP contribution < -0.4 is 5.32 Å². The van der Waals surface area contributed by atoms with Gasteiger partial charge in [-0.15, -0.1) is 0 Å². The molecule has 0 radical (unpaired) electrons. The van der Waals surface area contributed by atoms with Gasteiger partial charge in [-0.25, -0.2) is 0 Å². The molecular formula is C13H20N2O. The van der Waals surface area contributed by atoms with Crippen molar-refractivity contribution in [2.45, 2.75) is 32.9 Å². The van der Waals surface area contributed by atoms with Crippen LogP contribution in [0.15, 0.2) is 18.3 Å². The molecule has 2 atom stereocenters. The SMILES string of the molecule is Cc1ccc(CNC(C)C2CCOC2)cn1. The maximum atomic E-state index is 5.39. The molecule has 1 aliphatic rings. The third-order valence-corrected chi connectivity index (χ3v) is 3.27. The van der Waals surface area contributed by atoms with E-state index in [1.165, 1.54) is 12.0 Å². The lowest BCUT2D eigenvalue weighted by Crippen LogP contribution is -2.33. The van der Waals surface area contributed by atoms with Gasteiger partial charge in [-0.1, -0.05) is 6.07 Å². The highest BCUT2D eigenvalue weighted by Gasteiger charge is 2.21. The van der Waals surface area contributed by atoms with Gasteiger partial charge in [0.25, 0.3) is 0 Å². The maximum Gasteiger partial charge on any atom is 0.0509 e. The second-order valence-corrected chi connectivity index (χ2v) is 4.60. The molecule has 0 aromatic carbocycles. The summed E-state index contributed by atoms with van der Waals surface area (Å²) in [7, 11) is 0. The highest BCUT2D eigenvalue weighted by Crippen LogP contribution is 2.16. The Morgan fingerprint density at radius 2 is 2.44 bits per heavy atom. The number of nitrogens with zero attached hydrogens (tertiary/aromatic N) is 1. The van der Waals surface area contributed by atoms with Crippen molar-refractivity contribution in [3.8, 4) is 0 Å². The molecule has 1 aromatic rings. The first kappa shape index (κ1) is 11.6. The molecule has 3 heteroatoms. The quantitative estimate of drug-likeness (QED) is 0.841. The zero-order valence-corrected chi connectivity index (χ0v) is 10.1. The number of ether oxygens (including phenoxy) is 1. The van der Waals surface area contributed by atoms with Crippen LogP contribution in [0, 0.1) is 12.8 Å². The second-order valence-electron chi connectivity index (χ2n) is 4.60. The van der Waals surface area contributed by atoms with Crippen LogP contribution in [0.5, 0.6) is 0 Å². The molecule has 0 amide bonds. The minimum atomic E-state index is 0.517. The largest absolute Gasteiger partial charge is 0.381 e. The van der Waals surface area contributed by atoms with Crippen molar-refractivity contribution in [1.82, 2.24) is 10.3 Å². The van der Waals surface area contributed by atoms with E-state index in [0.717, 1.165) is 25.5 Å². The molecule has 1 fully saturated rings. The molecular weight excluding hydrogens is 200 g/mol. The third kappa shape index (κ3) is 3.03. The van der Waals surface area contributed by atoms with E-state index in [1.807, 2.05) is 13.1 Å². The van der Waals surface area contributed by atoms with Gasteiger partial charge in [0, 0.05) is 31.1 Å². The number of hydrogen-bond donors (Lipinski definition) is 1. The topological polar surface area (TPSA) is 34.1 Å². The van der Waals surface area contributed by atoms with Crippen molar-refractivity contribution in [2.75, 3.05) is 13.2 Å². The van der Waals surface area contributed by atoms with Gasteiger partial charge in [0.1, 0.15) is 0 Å². The van der Waals surface area contributed by atoms with Crippen molar-refractivity contribution >= 4 is 0 Å². The van der Waals surface area contributed by atoms with Crippen molar-refractivity contribution in [3.05, 3.63) is 29.6 Å². The van der Waals surface area contributed by atoms with Gasteiger partial charge in [0.15, 0.2) is 0 Å². The van der Waals surface area contributed by atoms with E-state index in [2.05, 4.69) is 29.4 Å². The summed E-state index contributed by atoms with van der Waals surface area (Å²) in [4.78, 5) is 4.29. The monoisotopic (exact) mass is 220 g/mol. The van der Waals surface area contributed by atoms with Crippen molar-refractivity contribution < 1.29 is 4.74 Å². The number of aromatic nitrogens is 1. The molecule has 3 nitrogen and oxygen atoms in total. The standard InChI is InChI=1S/C13H20N2O/c1-10-3-4-12(7-14-10)8-15-11(2)13-5-6-16-9-13/h3-4,7,11,13,15H,5-6,8-9H2,1-2H3. The van der Waals surface area contributed by atoms with Crippen LogP contribution in [0.25, 0.3) is 0 Å². The summed E-state index contributed by atoms with van der Waals surface area (Å²) in [6.45, 7) is 6.96. The molecule has 0 aliphatic carbocycles. The van der Waals surface area contributed by atoms with Crippen molar-refractivity contribution in [2.24, 2.45) is 5.92 Å². The van der Waals surface area contributed by atoms with Crippen LogP contribution in [-0.2, 0) is 11.3 Å². The van der Waals surface area contributed by atoms with E-state index in [4.69, 9.17) is 4.74 Å². The Morgan fingerprint density at radius 1 is 1.56 bits per heavy atom. The predicted molar refractivity (Wildman–Crippen MR) is 64.2 cm³/mol. The molecule has 0 spiro atoms. The Hall–Kier alpha value is -0.930. The summed E-state index contributed by atoms with van der Waals surface area (Å²) in [5.41, 5.74) is 2.32.